The minimum Gasteiger partial charge on any atom is -0.507 e. The van der Waals surface area contributed by atoms with E-state index in [9.17, 15) is 9.90 Å². The van der Waals surface area contributed by atoms with E-state index in [0.29, 0.717) is 32.3 Å². The summed E-state index contributed by atoms with van der Waals surface area (Å²) < 4.78 is 6.03. The van der Waals surface area contributed by atoms with Crippen molar-refractivity contribution in [1.82, 2.24) is 0 Å². The van der Waals surface area contributed by atoms with Crippen LogP contribution in [0.25, 0.3) is 10.8 Å². The number of anilines is 1. The van der Waals surface area contributed by atoms with Crippen molar-refractivity contribution in [1.29, 1.82) is 0 Å². The second kappa shape index (κ2) is 8.44. The molecule has 0 fully saturated rings. The lowest BCUT2D eigenvalue weighted by Gasteiger charge is -2.13. The van der Waals surface area contributed by atoms with Crippen LogP contribution in [0.1, 0.15) is 10.4 Å². The Morgan fingerprint density at radius 1 is 0.833 bits per heavy atom. The van der Waals surface area contributed by atoms with E-state index < -0.39 is 5.91 Å². The Morgan fingerprint density at radius 3 is 2.40 bits per heavy atom. The normalized spacial score (nSPS) is 10.8. The number of halogens is 3. The Bertz CT molecular complexity index is 1270. The van der Waals surface area contributed by atoms with Crippen LogP contribution in [0.3, 0.4) is 0 Å². The predicted molar refractivity (Wildman–Crippen MR) is 122 cm³/mol. The third-order valence-electron chi connectivity index (χ3n) is 4.39. The molecule has 0 spiro atoms. The van der Waals surface area contributed by atoms with Gasteiger partial charge in [-0.1, -0.05) is 59.1 Å². The molecule has 0 saturated carbocycles. The van der Waals surface area contributed by atoms with Gasteiger partial charge < -0.3 is 15.2 Å². The van der Waals surface area contributed by atoms with Crippen LogP contribution in [0.2, 0.25) is 15.1 Å². The summed E-state index contributed by atoms with van der Waals surface area (Å²) in [6.45, 7) is 0. The molecule has 4 aromatic carbocycles. The van der Waals surface area contributed by atoms with Gasteiger partial charge in [0.15, 0.2) is 0 Å². The zero-order valence-electron chi connectivity index (χ0n) is 15.3. The Kier molecular flexibility index (Phi) is 5.73. The molecule has 0 bridgehead atoms. The number of amides is 1. The molecule has 4 nitrogen and oxygen atoms in total. The van der Waals surface area contributed by atoms with Gasteiger partial charge in [-0.05, 0) is 42.5 Å². The highest BCUT2D eigenvalue weighted by molar-refractivity contribution is 6.35. The van der Waals surface area contributed by atoms with Gasteiger partial charge in [-0.25, -0.2) is 0 Å². The number of phenolic OH excluding ortho intramolecular Hbond substituents is 1. The van der Waals surface area contributed by atoms with Gasteiger partial charge in [0.25, 0.3) is 5.91 Å². The van der Waals surface area contributed by atoms with Crippen LogP contribution in [0, 0.1) is 0 Å². The van der Waals surface area contributed by atoms with Crippen LogP contribution in [-0.2, 0) is 0 Å². The second-order valence-corrected chi connectivity index (χ2v) is 7.76. The Balaban J connectivity index is 1.64. The molecule has 30 heavy (non-hydrogen) atoms. The number of aromatic hydroxyl groups is 1. The van der Waals surface area contributed by atoms with E-state index in [1.807, 2.05) is 24.3 Å². The fourth-order valence-corrected chi connectivity index (χ4v) is 3.66. The zero-order valence-corrected chi connectivity index (χ0v) is 17.6. The molecule has 0 aromatic heterocycles. The van der Waals surface area contributed by atoms with Gasteiger partial charge in [-0.15, -0.1) is 0 Å². The average Bonchev–Trinajstić information content (AvgIpc) is 2.71. The van der Waals surface area contributed by atoms with Crippen molar-refractivity contribution in [2.24, 2.45) is 0 Å². The van der Waals surface area contributed by atoms with Gasteiger partial charge in [0.2, 0.25) is 0 Å². The summed E-state index contributed by atoms with van der Waals surface area (Å²) in [5.41, 5.74) is 0.453. The first-order chi connectivity index (χ1) is 14.4. The summed E-state index contributed by atoms with van der Waals surface area (Å²) in [6.07, 6.45) is 0. The lowest BCUT2D eigenvalue weighted by molar-refractivity contribution is 0.102. The van der Waals surface area contributed by atoms with E-state index in [0.717, 1.165) is 10.8 Å². The zero-order chi connectivity index (χ0) is 21.3. The number of rotatable bonds is 4. The Hall–Kier alpha value is -2.92. The summed E-state index contributed by atoms with van der Waals surface area (Å²) in [7, 11) is 0. The average molecular weight is 459 g/mol. The van der Waals surface area contributed by atoms with Gasteiger partial charge in [-0.2, -0.15) is 0 Å². The molecule has 2 N–H and O–H groups in total. The molecule has 0 heterocycles. The first kappa shape index (κ1) is 20.4. The highest BCUT2D eigenvalue weighted by atomic mass is 35.5. The van der Waals surface area contributed by atoms with E-state index in [2.05, 4.69) is 5.32 Å². The monoisotopic (exact) mass is 457 g/mol. The summed E-state index contributed by atoms with van der Waals surface area (Å²) in [4.78, 5) is 12.6. The molecule has 0 saturated heterocycles. The molecule has 0 aliphatic heterocycles. The fraction of sp³-hybridized carbons (Fsp3) is 0. The summed E-state index contributed by atoms with van der Waals surface area (Å²) in [5, 5.41) is 15.7. The summed E-state index contributed by atoms with van der Waals surface area (Å²) in [6, 6.07) is 20.2. The lowest BCUT2D eigenvalue weighted by Crippen LogP contribution is -2.12. The number of phenols is 1. The third-order valence-corrected chi connectivity index (χ3v) is 5.17. The minimum atomic E-state index is -0.528. The fourth-order valence-electron chi connectivity index (χ4n) is 3.03. The van der Waals surface area contributed by atoms with Crippen LogP contribution < -0.4 is 10.1 Å². The Morgan fingerprint density at radius 2 is 1.60 bits per heavy atom. The van der Waals surface area contributed by atoms with E-state index in [4.69, 9.17) is 39.5 Å². The standard InChI is InChI=1S/C23H14Cl3NO3/c24-13-5-7-21(28)19(11-13)23(29)27-15-9-14(25)10-16(12-15)30-22-8-6-20(26)17-3-1-2-4-18(17)22/h1-12,28H,(H,27,29). The van der Waals surface area contributed by atoms with Crippen LogP contribution in [-0.4, -0.2) is 11.0 Å². The topological polar surface area (TPSA) is 58.6 Å². The van der Waals surface area contributed by atoms with Crippen molar-refractivity contribution in [2.75, 3.05) is 5.32 Å². The van der Waals surface area contributed by atoms with Crippen molar-refractivity contribution >= 4 is 57.2 Å². The molecule has 4 aromatic rings. The molecule has 0 aliphatic rings. The van der Waals surface area contributed by atoms with E-state index in [1.165, 1.54) is 18.2 Å². The molecular weight excluding hydrogens is 445 g/mol. The van der Waals surface area contributed by atoms with Crippen LogP contribution in [0.15, 0.2) is 72.8 Å². The third kappa shape index (κ3) is 4.31. The van der Waals surface area contributed by atoms with Crippen LogP contribution >= 0.6 is 34.8 Å². The van der Waals surface area contributed by atoms with Gasteiger partial charge in [0.05, 0.1) is 5.56 Å². The largest absolute Gasteiger partial charge is 0.507 e. The van der Waals surface area contributed by atoms with Gasteiger partial charge in [0, 0.05) is 37.6 Å². The van der Waals surface area contributed by atoms with Crippen LogP contribution in [0.5, 0.6) is 17.2 Å². The highest BCUT2D eigenvalue weighted by Crippen LogP contribution is 2.36. The minimum absolute atomic E-state index is 0.0497. The van der Waals surface area contributed by atoms with Crippen molar-refractivity contribution in [3.05, 3.63) is 93.4 Å². The van der Waals surface area contributed by atoms with Crippen molar-refractivity contribution in [3.8, 4) is 17.2 Å². The number of hydrogen-bond acceptors (Lipinski definition) is 3. The quantitative estimate of drug-likeness (QED) is 0.332. The van der Waals surface area contributed by atoms with E-state index in [-0.39, 0.29) is 11.3 Å². The molecule has 0 radical (unpaired) electrons. The number of carbonyl (C=O) groups is 1. The van der Waals surface area contributed by atoms with Gasteiger partial charge in [-0.3, -0.25) is 4.79 Å². The first-order valence-corrected chi connectivity index (χ1v) is 9.99. The van der Waals surface area contributed by atoms with Crippen LogP contribution in [0.4, 0.5) is 5.69 Å². The molecule has 0 aliphatic carbocycles. The van der Waals surface area contributed by atoms with Gasteiger partial charge >= 0.3 is 0 Å². The molecule has 1 amide bonds. The summed E-state index contributed by atoms with van der Waals surface area (Å²) >= 11 is 18.4. The SMILES string of the molecule is O=C(Nc1cc(Cl)cc(Oc2ccc(Cl)c3ccccc23)c1)c1cc(Cl)ccc1O. The molecular formula is C23H14Cl3NO3. The van der Waals surface area contributed by atoms with Crippen molar-refractivity contribution in [3.63, 3.8) is 0 Å². The molecule has 150 valence electrons. The molecule has 0 atom stereocenters. The lowest BCUT2D eigenvalue weighted by atomic mass is 10.1. The number of fused-ring (bicyclic) bond motifs is 1. The number of hydrogen-bond donors (Lipinski definition) is 2. The Labute approximate surface area is 187 Å². The maximum atomic E-state index is 12.6. The molecule has 0 unspecified atom stereocenters. The first-order valence-electron chi connectivity index (χ1n) is 8.86. The van der Waals surface area contributed by atoms with Crippen molar-refractivity contribution in [2.45, 2.75) is 0 Å². The number of carbonyl (C=O) groups excluding carboxylic acids is 1. The summed E-state index contributed by atoms with van der Waals surface area (Å²) in [5.74, 6) is 0.325. The number of benzene rings is 4. The highest BCUT2D eigenvalue weighted by Gasteiger charge is 2.14. The predicted octanol–water partition coefficient (Wildman–Crippen LogP) is 7.55. The number of ether oxygens (including phenoxy) is 1. The number of nitrogens with one attached hydrogen (secondary N) is 1. The van der Waals surface area contributed by atoms with E-state index in [1.54, 1.807) is 30.3 Å². The van der Waals surface area contributed by atoms with E-state index >= 15 is 0 Å². The van der Waals surface area contributed by atoms with Gasteiger partial charge in [0.1, 0.15) is 17.2 Å². The maximum Gasteiger partial charge on any atom is 0.259 e. The molecule has 7 heteroatoms. The second-order valence-electron chi connectivity index (χ2n) is 6.48. The maximum absolute atomic E-state index is 12.6. The smallest absolute Gasteiger partial charge is 0.259 e. The van der Waals surface area contributed by atoms with Crippen molar-refractivity contribution < 1.29 is 14.6 Å². The molecule has 4 rings (SSSR count).